The molecule has 4 aromatic carbocycles. The molecule has 0 bridgehead atoms. The van der Waals surface area contributed by atoms with Crippen molar-refractivity contribution in [2.75, 3.05) is 83.4 Å². The molecule has 124 heavy (non-hydrogen) atoms. The summed E-state index contributed by atoms with van der Waals surface area (Å²) in [6.45, 7) is 6.17. The number of piperidine rings is 2. The number of nitrogens with zero attached hydrogens (tertiary/aromatic N) is 16. The third kappa shape index (κ3) is 19.7. The molecular weight excluding hydrogens is 1580 g/mol. The molecule has 0 spiro atoms. The summed E-state index contributed by atoms with van der Waals surface area (Å²) in [5.74, 6) is -6.35. The van der Waals surface area contributed by atoms with Crippen LogP contribution in [-0.2, 0) is 13.1 Å². The number of hydrogen-bond acceptors (Lipinski definition) is 20. The number of rotatable bonds is 18. The highest BCUT2D eigenvalue weighted by atomic mass is 19.3. The van der Waals surface area contributed by atoms with Gasteiger partial charge in [0.25, 0.3) is 35.5 Å². The average Bonchev–Trinajstić information content (AvgIpc) is 1.65. The minimum atomic E-state index is -2.62. The Hall–Kier alpha value is -14.9. The fraction of sp³-hybridized carbons (Fsp3) is 0.217. The fourth-order valence-electron chi connectivity index (χ4n) is 15.6. The lowest BCUT2D eigenvalue weighted by Crippen LogP contribution is -2.38. The second-order valence-corrected chi connectivity index (χ2v) is 30.8. The highest BCUT2D eigenvalue weighted by Gasteiger charge is 2.38. The number of carbonyl (C=O) groups excluding carboxylic acids is 4. The van der Waals surface area contributed by atoms with Gasteiger partial charge >= 0.3 is 0 Å². The molecule has 4 aliphatic heterocycles. The predicted molar refractivity (Wildman–Crippen MR) is 468 cm³/mol. The molecule has 4 saturated heterocycles. The smallest absolute Gasteiger partial charge is 0.276 e. The largest absolute Gasteiger partial charge is 0.370 e. The van der Waals surface area contributed by atoms with E-state index in [-0.39, 0.29) is 55.1 Å². The van der Waals surface area contributed by atoms with E-state index in [1.165, 1.54) is 32.1 Å². The molecule has 4 amide bonds. The number of halogens is 4. The summed E-state index contributed by atoms with van der Waals surface area (Å²) in [4.78, 5) is 92.9. The van der Waals surface area contributed by atoms with Gasteiger partial charge in [-0.3, -0.25) is 89.2 Å². The van der Waals surface area contributed by atoms with Crippen molar-refractivity contribution in [3.8, 4) is 44.5 Å². The lowest BCUT2D eigenvalue weighted by Gasteiger charge is -2.31. The molecule has 32 heteroatoms. The molecular formula is C92H84F4N24O4. The van der Waals surface area contributed by atoms with E-state index in [1.54, 1.807) is 128 Å². The Kier molecular flexibility index (Phi) is 24.3. The molecule has 4 aliphatic rings. The van der Waals surface area contributed by atoms with Crippen LogP contribution in [0.15, 0.2) is 245 Å². The number of benzene rings is 4. The van der Waals surface area contributed by atoms with E-state index in [2.05, 4.69) is 124 Å². The molecule has 624 valence electrons. The highest BCUT2D eigenvalue weighted by Crippen LogP contribution is 2.36. The highest BCUT2D eigenvalue weighted by molar-refractivity contribution is 6.14. The van der Waals surface area contributed by atoms with Crippen LogP contribution in [-0.4, -0.2) is 178 Å². The lowest BCUT2D eigenvalue weighted by atomic mass is 10.0. The number of aromatic amines is 4. The first-order valence-corrected chi connectivity index (χ1v) is 40.8. The summed E-state index contributed by atoms with van der Waals surface area (Å²) in [7, 11) is 0. The number of anilines is 6. The quantitative estimate of drug-likeness (QED) is 0.0370. The van der Waals surface area contributed by atoms with Crippen LogP contribution in [0, 0.1) is 0 Å². The molecule has 0 atom stereocenters. The molecule has 4 fully saturated rings. The molecule has 16 aromatic rings. The number of alkyl halides is 4. The number of nitrogens with one attached hydrogen (secondary N) is 8. The van der Waals surface area contributed by atoms with E-state index in [0.29, 0.717) is 83.3 Å². The second kappa shape index (κ2) is 37.0. The molecule has 0 unspecified atom stereocenters. The van der Waals surface area contributed by atoms with E-state index >= 15 is 0 Å². The normalized spacial score (nSPS) is 15.0. The Morgan fingerprint density at radius 3 is 0.919 bits per heavy atom. The zero-order valence-electron chi connectivity index (χ0n) is 67.1. The summed E-state index contributed by atoms with van der Waals surface area (Å²) in [5, 5.41) is 42.8. The van der Waals surface area contributed by atoms with E-state index in [9.17, 15) is 36.7 Å². The van der Waals surface area contributed by atoms with Crippen LogP contribution in [0.1, 0.15) is 104 Å². The summed E-state index contributed by atoms with van der Waals surface area (Å²) >= 11 is 0. The van der Waals surface area contributed by atoms with Gasteiger partial charge in [-0.25, -0.2) is 17.6 Å². The van der Waals surface area contributed by atoms with E-state index in [1.807, 2.05) is 115 Å². The predicted octanol–water partition coefficient (Wildman–Crippen LogP) is 16.8. The van der Waals surface area contributed by atoms with Gasteiger partial charge in [-0.1, -0.05) is 24.3 Å². The van der Waals surface area contributed by atoms with Crippen LogP contribution >= 0.6 is 0 Å². The molecule has 8 N–H and O–H groups in total. The van der Waals surface area contributed by atoms with Crippen molar-refractivity contribution in [2.45, 2.75) is 76.3 Å². The van der Waals surface area contributed by atoms with Gasteiger partial charge < -0.3 is 31.1 Å². The fourth-order valence-corrected chi connectivity index (χ4v) is 15.6. The minimum Gasteiger partial charge on any atom is -0.370 e. The van der Waals surface area contributed by atoms with Crippen molar-refractivity contribution in [1.82, 2.24) is 90.5 Å². The minimum absolute atomic E-state index is 0.110. The number of amides is 4. The molecule has 0 radical (unpaired) electrons. The third-order valence-electron chi connectivity index (χ3n) is 22.1. The van der Waals surface area contributed by atoms with Crippen LogP contribution in [0.25, 0.3) is 88.1 Å². The second-order valence-electron chi connectivity index (χ2n) is 30.8. The van der Waals surface area contributed by atoms with Gasteiger partial charge in [-0.2, -0.15) is 20.4 Å². The first kappa shape index (κ1) is 81.4. The zero-order valence-corrected chi connectivity index (χ0v) is 67.1. The van der Waals surface area contributed by atoms with Crippen LogP contribution in [0.5, 0.6) is 0 Å². The maximum atomic E-state index is 13.5. The third-order valence-corrected chi connectivity index (χ3v) is 22.1. The topological polar surface area (TPSA) is 347 Å². The Balaban J connectivity index is 0.000000117. The van der Waals surface area contributed by atoms with Crippen LogP contribution in [0.4, 0.5) is 51.7 Å². The molecule has 0 saturated carbocycles. The monoisotopic (exact) mass is 1660 g/mol. The van der Waals surface area contributed by atoms with Crippen molar-refractivity contribution in [3.05, 3.63) is 279 Å². The molecule has 12 aromatic heterocycles. The lowest BCUT2D eigenvalue weighted by molar-refractivity contribution is -0.0566. The van der Waals surface area contributed by atoms with Gasteiger partial charge in [0.05, 0.1) is 52.4 Å². The standard InChI is InChI=1S/C24H22F2N6O.C23H20F2N6O.C23H22N6O.C22H20N6O/c25-24(26)5-9-32(10-6-24)15-16-11-18(14-28-13-16)17-1-2-21-20(12-17)22(31-30-21)23(33)29-19-3-7-27-8-4-19;24-23(25)5-8-31(14-23)13-15-9-17(12-27-11-15)16-1-2-20-19(10-16)21(30-29-20)22(32)28-18-3-6-26-7-4-18;30-23(26-18-6-8-24-9-7-18)22-20-13-16(4-5-21(20)27-28-22)17-12-19(15-25-14-17)29-10-2-1-3-11-29;29-22(25-17-5-7-23-8-6-17)21-19-12-15(3-4-20(19)26-27-21)16-11-18(14-24-13-16)28-9-1-2-10-28/h1-4,7-8,11-14H,5-6,9-10,15H2,(H,30,31)(H,27,29,33);1-4,6-7,9-12H,5,8,13-14H2,(H,29,30)(H,26,28,32);4-9,12-15H,1-3,10-11H2,(H,27,28)(H,24,26,30);3-8,11-14H,1-2,9-10H2,(H,26,27)(H,23,25,29). The number of H-pyrrole nitrogens is 4. The zero-order chi connectivity index (χ0) is 84.9. The maximum Gasteiger partial charge on any atom is 0.276 e. The van der Waals surface area contributed by atoms with Gasteiger partial charge in [0.1, 0.15) is 0 Å². The summed E-state index contributed by atoms with van der Waals surface area (Å²) in [5.41, 5.74) is 18.7. The number of hydrogen-bond donors (Lipinski definition) is 8. The summed E-state index contributed by atoms with van der Waals surface area (Å²) in [6.07, 6.45) is 33.3. The Labute approximate surface area is 707 Å². The first-order chi connectivity index (χ1) is 60.5. The molecule has 16 heterocycles. The molecule has 20 rings (SSSR count). The average molecular weight is 1670 g/mol. The van der Waals surface area contributed by atoms with Crippen molar-refractivity contribution in [1.29, 1.82) is 0 Å². The summed E-state index contributed by atoms with van der Waals surface area (Å²) in [6, 6.07) is 45.4. The number of carbonyl (C=O) groups is 4. The van der Waals surface area contributed by atoms with E-state index in [4.69, 9.17) is 0 Å². The Bertz CT molecular complexity index is 6460. The van der Waals surface area contributed by atoms with Crippen molar-refractivity contribution in [3.63, 3.8) is 0 Å². The van der Waals surface area contributed by atoms with Gasteiger partial charge in [0.2, 0.25) is 0 Å². The first-order valence-electron chi connectivity index (χ1n) is 40.8. The number of aromatic nitrogens is 16. The molecule has 28 nitrogen and oxygen atoms in total. The van der Waals surface area contributed by atoms with E-state index < -0.39 is 11.8 Å². The number of pyridine rings is 8. The van der Waals surface area contributed by atoms with Crippen LogP contribution in [0.3, 0.4) is 0 Å². The number of fused-ring (bicyclic) bond motifs is 4. The SMILES string of the molecule is O=C(Nc1ccncc1)c1n[nH]c2ccc(-c3cncc(CN4CCC(F)(F)C4)c3)cc12.O=C(Nc1ccncc1)c1n[nH]c2ccc(-c3cncc(CN4CCC(F)(F)CC4)c3)cc12.O=C(Nc1ccncc1)c1n[nH]c2ccc(-c3cncc(N4CCCC4)c3)cc12.O=C(Nc1ccncc1)c1n[nH]c2ccc(-c3cncc(N4CCCCC4)c3)cc12. The summed E-state index contributed by atoms with van der Waals surface area (Å²) < 4.78 is 53.9. The Morgan fingerprint density at radius 1 is 0.306 bits per heavy atom. The van der Waals surface area contributed by atoms with Crippen molar-refractivity contribution < 1.29 is 36.7 Å². The number of likely N-dealkylation sites (tertiary alicyclic amines) is 2. The van der Waals surface area contributed by atoms with Crippen LogP contribution < -0.4 is 31.1 Å². The van der Waals surface area contributed by atoms with Gasteiger partial charge in [-0.15, -0.1) is 0 Å². The van der Waals surface area contributed by atoms with Gasteiger partial charge in [0, 0.05) is 231 Å². The van der Waals surface area contributed by atoms with Crippen molar-refractivity contribution >= 4 is 101 Å². The van der Waals surface area contributed by atoms with Gasteiger partial charge in [-0.05, 0) is 187 Å². The Morgan fingerprint density at radius 2 is 0.597 bits per heavy atom. The van der Waals surface area contributed by atoms with Gasteiger partial charge in [0.15, 0.2) is 22.8 Å². The van der Waals surface area contributed by atoms with Crippen LogP contribution in [0.2, 0.25) is 0 Å². The van der Waals surface area contributed by atoms with Crippen molar-refractivity contribution in [2.24, 2.45) is 0 Å². The molecule has 0 aliphatic carbocycles. The van der Waals surface area contributed by atoms with E-state index in [0.717, 1.165) is 126 Å². The maximum absolute atomic E-state index is 13.5.